The number of ether oxygens (including phenoxy) is 1. The summed E-state index contributed by atoms with van der Waals surface area (Å²) >= 11 is 0. The molecule has 108 valence electrons. The van der Waals surface area contributed by atoms with E-state index >= 15 is 0 Å². The molecule has 0 saturated heterocycles. The van der Waals surface area contributed by atoms with Gasteiger partial charge in [0.1, 0.15) is 29.1 Å². The average Bonchev–Trinajstić information content (AvgIpc) is 2.53. The molecule has 0 aliphatic rings. The van der Waals surface area contributed by atoms with Crippen LogP contribution < -0.4 is 10.5 Å². The number of aromatic nitrogens is 1. The number of nitro groups is 1. The second kappa shape index (κ2) is 5.77. The number of nitrogen functional groups attached to an aromatic ring is 1. The summed E-state index contributed by atoms with van der Waals surface area (Å²) in [4.78, 5) is 14.4. The molecule has 8 nitrogen and oxygen atoms in total. The van der Waals surface area contributed by atoms with E-state index in [1.807, 2.05) is 12.1 Å². The molecule has 0 aliphatic heterocycles. The van der Waals surface area contributed by atoms with Gasteiger partial charge >= 0.3 is 0 Å². The van der Waals surface area contributed by atoms with Crippen molar-refractivity contribution in [3.63, 3.8) is 0 Å². The van der Waals surface area contributed by atoms with Gasteiger partial charge in [-0.15, -0.1) is 0 Å². The largest absolute Gasteiger partial charge is 0.480 e. The fourth-order valence-corrected chi connectivity index (χ4v) is 2.06. The van der Waals surface area contributed by atoms with Crippen LogP contribution in [0.1, 0.15) is 11.1 Å². The second-order valence-electron chi connectivity index (χ2n) is 4.13. The van der Waals surface area contributed by atoms with Crippen LogP contribution in [0, 0.1) is 32.8 Å². The Morgan fingerprint density at radius 2 is 1.91 bits per heavy atom. The third kappa shape index (κ3) is 2.25. The SMILES string of the molecule is COc1nc(N)c(C#N)c(-c2ccccc2[N+](=O)[O-])c1C#N. The summed E-state index contributed by atoms with van der Waals surface area (Å²) in [6, 6.07) is 9.47. The zero-order valence-corrected chi connectivity index (χ0v) is 11.4. The molecule has 1 heterocycles. The molecule has 0 radical (unpaired) electrons. The van der Waals surface area contributed by atoms with Crippen LogP contribution in [0.25, 0.3) is 11.1 Å². The number of rotatable bonds is 3. The van der Waals surface area contributed by atoms with Gasteiger partial charge in [-0.05, 0) is 6.07 Å². The molecule has 0 bridgehead atoms. The number of pyridine rings is 1. The summed E-state index contributed by atoms with van der Waals surface area (Å²) < 4.78 is 4.99. The van der Waals surface area contributed by atoms with Gasteiger partial charge in [-0.3, -0.25) is 10.1 Å². The van der Waals surface area contributed by atoms with Crippen LogP contribution >= 0.6 is 0 Å². The normalized spacial score (nSPS) is 9.59. The van der Waals surface area contributed by atoms with Crippen LogP contribution in [-0.4, -0.2) is 17.0 Å². The lowest BCUT2D eigenvalue weighted by Gasteiger charge is -2.12. The van der Waals surface area contributed by atoms with Crippen molar-refractivity contribution in [3.05, 3.63) is 45.5 Å². The minimum atomic E-state index is -0.596. The zero-order chi connectivity index (χ0) is 16.3. The number of anilines is 1. The van der Waals surface area contributed by atoms with E-state index < -0.39 is 4.92 Å². The van der Waals surface area contributed by atoms with Gasteiger partial charge in [0.15, 0.2) is 0 Å². The third-order valence-corrected chi connectivity index (χ3v) is 2.98. The lowest BCUT2D eigenvalue weighted by atomic mass is 9.95. The molecule has 0 fully saturated rings. The number of nitrogens with zero attached hydrogens (tertiary/aromatic N) is 4. The molecular formula is C14H9N5O3. The third-order valence-electron chi connectivity index (χ3n) is 2.98. The molecule has 0 saturated carbocycles. The molecule has 22 heavy (non-hydrogen) atoms. The Kier molecular flexibility index (Phi) is 3.87. The average molecular weight is 295 g/mol. The lowest BCUT2D eigenvalue weighted by Crippen LogP contribution is -2.05. The molecule has 1 aromatic heterocycles. The monoisotopic (exact) mass is 295 g/mol. The van der Waals surface area contributed by atoms with Crippen molar-refractivity contribution in [3.8, 4) is 29.1 Å². The number of nitro benzene ring substituents is 1. The summed E-state index contributed by atoms with van der Waals surface area (Å²) in [5.74, 6) is -0.251. The molecule has 0 aliphatic carbocycles. The molecule has 1 aromatic carbocycles. The molecule has 0 unspecified atom stereocenters. The standard InChI is InChI=1S/C14H9N5O3/c1-22-14-10(7-16)12(9(6-15)13(17)18-14)8-4-2-3-5-11(8)19(20)21/h2-5H,1H3,(H2,17,18). The highest BCUT2D eigenvalue weighted by Gasteiger charge is 2.25. The van der Waals surface area contributed by atoms with E-state index in [1.165, 1.54) is 25.3 Å². The molecule has 0 atom stereocenters. The van der Waals surface area contributed by atoms with Crippen LogP contribution in [0.15, 0.2) is 24.3 Å². The Morgan fingerprint density at radius 1 is 1.27 bits per heavy atom. The molecule has 2 N–H and O–H groups in total. The Labute approximate surface area is 125 Å². The fourth-order valence-electron chi connectivity index (χ4n) is 2.06. The first-order chi connectivity index (χ1) is 10.5. The molecule has 0 amide bonds. The number of hydrogen-bond donors (Lipinski definition) is 1. The van der Waals surface area contributed by atoms with Gasteiger partial charge in [0.25, 0.3) is 5.69 Å². The number of nitriles is 2. The number of hydrogen-bond acceptors (Lipinski definition) is 7. The lowest BCUT2D eigenvalue weighted by molar-refractivity contribution is -0.384. The first-order valence-electron chi connectivity index (χ1n) is 5.96. The molecule has 2 aromatic rings. The van der Waals surface area contributed by atoms with Gasteiger partial charge in [0.2, 0.25) is 5.88 Å². The smallest absolute Gasteiger partial charge is 0.277 e. The number of para-hydroxylation sites is 1. The van der Waals surface area contributed by atoms with Gasteiger partial charge in [-0.1, -0.05) is 12.1 Å². The van der Waals surface area contributed by atoms with Crippen molar-refractivity contribution in [1.29, 1.82) is 10.5 Å². The van der Waals surface area contributed by atoms with Crippen molar-refractivity contribution in [2.75, 3.05) is 12.8 Å². The Morgan fingerprint density at radius 3 is 2.45 bits per heavy atom. The Hall–Kier alpha value is -3.65. The van der Waals surface area contributed by atoms with E-state index in [0.29, 0.717) is 0 Å². The Balaban J connectivity index is 2.98. The van der Waals surface area contributed by atoms with Crippen LogP contribution in [0.3, 0.4) is 0 Å². The topological polar surface area (TPSA) is 139 Å². The van der Waals surface area contributed by atoms with E-state index in [1.54, 1.807) is 6.07 Å². The number of nitrogens with two attached hydrogens (primary N) is 1. The van der Waals surface area contributed by atoms with Crippen LogP contribution in [0.5, 0.6) is 5.88 Å². The van der Waals surface area contributed by atoms with E-state index in [2.05, 4.69) is 4.98 Å². The summed E-state index contributed by atoms with van der Waals surface area (Å²) in [7, 11) is 1.29. The van der Waals surface area contributed by atoms with Crippen molar-refractivity contribution in [2.24, 2.45) is 0 Å². The van der Waals surface area contributed by atoms with Crippen molar-refractivity contribution in [1.82, 2.24) is 4.98 Å². The zero-order valence-electron chi connectivity index (χ0n) is 11.4. The quantitative estimate of drug-likeness (QED) is 0.674. The molecule has 0 spiro atoms. The first kappa shape index (κ1) is 14.8. The number of benzene rings is 1. The predicted molar refractivity (Wildman–Crippen MR) is 76.7 cm³/mol. The van der Waals surface area contributed by atoms with Crippen LogP contribution in [0.2, 0.25) is 0 Å². The van der Waals surface area contributed by atoms with E-state index in [0.717, 1.165) is 0 Å². The molecule has 8 heteroatoms. The summed E-state index contributed by atoms with van der Waals surface area (Å²) in [6.07, 6.45) is 0. The predicted octanol–water partition coefficient (Wildman–Crippen LogP) is 1.99. The minimum absolute atomic E-state index is 0.0432. The second-order valence-corrected chi connectivity index (χ2v) is 4.13. The van der Waals surface area contributed by atoms with Crippen molar-refractivity contribution >= 4 is 11.5 Å². The van der Waals surface area contributed by atoms with E-state index in [9.17, 15) is 20.6 Å². The van der Waals surface area contributed by atoms with Crippen LogP contribution in [0.4, 0.5) is 11.5 Å². The molecule has 2 rings (SSSR count). The van der Waals surface area contributed by atoms with E-state index in [-0.39, 0.29) is 39.6 Å². The molecular weight excluding hydrogens is 286 g/mol. The van der Waals surface area contributed by atoms with E-state index in [4.69, 9.17) is 10.5 Å². The highest BCUT2D eigenvalue weighted by molar-refractivity contribution is 5.86. The van der Waals surface area contributed by atoms with Gasteiger partial charge < -0.3 is 10.5 Å². The van der Waals surface area contributed by atoms with Gasteiger partial charge in [0.05, 0.1) is 17.6 Å². The summed E-state index contributed by atoms with van der Waals surface area (Å²) in [5, 5.41) is 29.8. The minimum Gasteiger partial charge on any atom is -0.480 e. The Bertz CT molecular complexity index is 849. The summed E-state index contributed by atoms with van der Waals surface area (Å²) in [5.41, 5.74) is 5.42. The fraction of sp³-hybridized carbons (Fsp3) is 0.0714. The maximum Gasteiger partial charge on any atom is 0.277 e. The highest BCUT2D eigenvalue weighted by Crippen LogP contribution is 2.39. The van der Waals surface area contributed by atoms with Crippen molar-refractivity contribution < 1.29 is 9.66 Å². The summed E-state index contributed by atoms with van der Waals surface area (Å²) in [6.45, 7) is 0. The maximum atomic E-state index is 11.2. The van der Waals surface area contributed by atoms with Crippen LogP contribution in [-0.2, 0) is 0 Å². The highest BCUT2D eigenvalue weighted by atomic mass is 16.6. The van der Waals surface area contributed by atoms with Gasteiger partial charge in [-0.25, -0.2) is 0 Å². The first-order valence-corrected chi connectivity index (χ1v) is 5.96. The number of methoxy groups -OCH3 is 1. The van der Waals surface area contributed by atoms with Crippen molar-refractivity contribution in [2.45, 2.75) is 0 Å². The maximum absolute atomic E-state index is 11.2. The van der Waals surface area contributed by atoms with Gasteiger partial charge in [-0.2, -0.15) is 15.5 Å². The van der Waals surface area contributed by atoms with Gasteiger partial charge in [0, 0.05) is 11.6 Å².